The number of rotatable bonds is 5. The lowest BCUT2D eigenvalue weighted by atomic mass is 10.3. The standard InChI is InChI=1S/C12H14N2O4/c1-17-13-11(15)7-4-8-14-9-5-2-3-6-10(9)18-12(14)16/h2-3,5-6H,4,7-8H2,1H3,(H,13,15). The molecule has 96 valence electrons. The van der Waals surface area contributed by atoms with Gasteiger partial charge in [-0.1, -0.05) is 12.1 Å². The molecule has 0 radical (unpaired) electrons. The molecule has 1 aromatic carbocycles. The molecule has 0 atom stereocenters. The minimum atomic E-state index is -0.400. The molecule has 0 aliphatic heterocycles. The quantitative estimate of drug-likeness (QED) is 0.805. The van der Waals surface area contributed by atoms with E-state index in [-0.39, 0.29) is 5.91 Å². The molecule has 6 nitrogen and oxygen atoms in total. The maximum absolute atomic E-state index is 11.6. The molecule has 18 heavy (non-hydrogen) atoms. The zero-order valence-corrected chi connectivity index (χ0v) is 10.0. The number of hydrogen-bond acceptors (Lipinski definition) is 4. The van der Waals surface area contributed by atoms with Crippen molar-refractivity contribution in [1.82, 2.24) is 10.0 Å². The summed E-state index contributed by atoms with van der Waals surface area (Å²) in [6.07, 6.45) is 0.832. The van der Waals surface area contributed by atoms with Gasteiger partial charge >= 0.3 is 5.76 Å². The summed E-state index contributed by atoms with van der Waals surface area (Å²) in [4.78, 5) is 27.3. The number of hydrogen-bond donors (Lipinski definition) is 1. The van der Waals surface area contributed by atoms with Crippen LogP contribution in [-0.4, -0.2) is 17.6 Å². The molecule has 2 rings (SSSR count). The first-order chi connectivity index (χ1) is 8.72. The van der Waals surface area contributed by atoms with Crippen molar-refractivity contribution in [2.24, 2.45) is 0 Å². The molecule has 1 N–H and O–H groups in total. The fourth-order valence-corrected chi connectivity index (χ4v) is 1.79. The van der Waals surface area contributed by atoms with E-state index in [0.29, 0.717) is 25.0 Å². The van der Waals surface area contributed by atoms with E-state index in [2.05, 4.69) is 10.3 Å². The van der Waals surface area contributed by atoms with Gasteiger partial charge in [0.1, 0.15) is 0 Å². The molecule has 0 saturated heterocycles. The van der Waals surface area contributed by atoms with Gasteiger partial charge < -0.3 is 4.42 Å². The highest BCUT2D eigenvalue weighted by molar-refractivity contribution is 5.75. The van der Waals surface area contributed by atoms with Crippen molar-refractivity contribution in [2.75, 3.05) is 7.11 Å². The predicted molar refractivity (Wildman–Crippen MR) is 64.9 cm³/mol. The molecule has 0 saturated carbocycles. The second-order valence-electron chi connectivity index (χ2n) is 3.82. The average Bonchev–Trinajstić information content (AvgIpc) is 2.66. The lowest BCUT2D eigenvalue weighted by Gasteiger charge is -2.02. The summed E-state index contributed by atoms with van der Waals surface area (Å²) >= 11 is 0. The lowest BCUT2D eigenvalue weighted by molar-refractivity contribution is -0.131. The van der Waals surface area contributed by atoms with E-state index < -0.39 is 5.76 Å². The Morgan fingerprint density at radius 2 is 2.22 bits per heavy atom. The normalized spacial score (nSPS) is 10.7. The smallest absolute Gasteiger partial charge is 0.408 e. The van der Waals surface area contributed by atoms with Crippen molar-refractivity contribution < 1.29 is 14.0 Å². The first kappa shape index (κ1) is 12.4. The number of benzene rings is 1. The largest absolute Gasteiger partial charge is 0.419 e. The van der Waals surface area contributed by atoms with E-state index in [9.17, 15) is 9.59 Å². The Balaban J connectivity index is 2.06. The Hall–Kier alpha value is -2.08. The number of nitrogens with zero attached hydrogens (tertiary/aromatic N) is 1. The summed E-state index contributed by atoms with van der Waals surface area (Å²) in [6, 6.07) is 7.20. The first-order valence-corrected chi connectivity index (χ1v) is 5.62. The predicted octanol–water partition coefficient (Wildman–Crippen LogP) is 1.05. The van der Waals surface area contributed by atoms with E-state index >= 15 is 0 Å². The van der Waals surface area contributed by atoms with Gasteiger partial charge in [0.05, 0.1) is 12.6 Å². The summed E-state index contributed by atoms with van der Waals surface area (Å²) in [6.45, 7) is 0.437. The third-order valence-electron chi connectivity index (χ3n) is 2.58. The molecule has 6 heteroatoms. The van der Waals surface area contributed by atoms with Crippen molar-refractivity contribution in [3.8, 4) is 0 Å². The average molecular weight is 250 g/mol. The molecule has 2 aromatic rings. The Labute approximate surface area is 103 Å². The maximum atomic E-state index is 11.6. The Morgan fingerprint density at radius 1 is 1.44 bits per heavy atom. The van der Waals surface area contributed by atoms with Crippen molar-refractivity contribution in [1.29, 1.82) is 0 Å². The minimum absolute atomic E-state index is 0.210. The number of para-hydroxylation sites is 2. The fraction of sp³-hybridized carbons (Fsp3) is 0.333. The van der Waals surface area contributed by atoms with Crippen LogP contribution in [0.25, 0.3) is 11.1 Å². The van der Waals surface area contributed by atoms with Gasteiger partial charge in [-0.2, -0.15) is 0 Å². The van der Waals surface area contributed by atoms with E-state index in [1.165, 1.54) is 11.7 Å². The zero-order chi connectivity index (χ0) is 13.0. The van der Waals surface area contributed by atoms with Crippen LogP contribution in [0.15, 0.2) is 33.5 Å². The number of fused-ring (bicyclic) bond motifs is 1. The number of aryl methyl sites for hydroxylation is 1. The number of oxazole rings is 1. The highest BCUT2D eigenvalue weighted by Crippen LogP contribution is 2.12. The second-order valence-corrected chi connectivity index (χ2v) is 3.82. The monoisotopic (exact) mass is 250 g/mol. The van der Waals surface area contributed by atoms with Gasteiger partial charge in [0.15, 0.2) is 5.58 Å². The van der Waals surface area contributed by atoms with Gasteiger partial charge in [-0.3, -0.25) is 14.2 Å². The van der Waals surface area contributed by atoms with Crippen LogP contribution in [0, 0.1) is 0 Å². The van der Waals surface area contributed by atoms with Crippen LogP contribution in [0.5, 0.6) is 0 Å². The molecule has 1 aromatic heterocycles. The molecule has 0 spiro atoms. The Kier molecular flexibility index (Phi) is 3.78. The minimum Gasteiger partial charge on any atom is -0.408 e. The number of hydroxylamine groups is 1. The van der Waals surface area contributed by atoms with Crippen LogP contribution < -0.4 is 11.2 Å². The molecule has 1 amide bonds. The van der Waals surface area contributed by atoms with Gasteiger partial charge in [0.2, 0.25) is 5.91 Å². The van der Waals surface area contributed by atoms with Crippen LogP contribution in [0.1, 0.15) is 12.8 Å². The van der Waals surface area contributed by atoms with E-state index in [4.69, 9.17) is 4.42 Å². The van der Waals surface area contributed by atoms with Crippen LogP contribution in [0.4, 0.5) is 0 Å². The number of carbonyl (C=O) groups excluding carboxylic acids is 1. The highest BCUT2D eigenvalue weighted by Gasteiger charge is 2.08. The summed E-state index contributed by atoms with van der Waals surface area (Å²) in [7, 11) is 1.38. The van der Waals surface area contributed by atoms with Gasteiger partial charge in [-0.25, -0.2) is 10.3 Å². The molecule has 0 unspecified atom stereocenters. The summed E-state index contributed by atoms with van der Waals surface area (Å²) < 4.78 is 6.61. The van der Waals surface area contributed by atoms with E-state index in [1.807, 2.05) is 18.2 Å². The molecular formula is C12H14N2O4. The molecule has 0 fully saturated rings. The third-order valence-corrected chi connectivity index (χ3v) is 2.58. The fourth-order valence-electron chi connectivity index (χ4n) is 1.79. The van der Waals surface area contributed by atoms with Crippen molar-refractivity contribution in [3.05, 3.63) is 34.8 Å². The van der Waals surface area contributed by atoms with Crippen molar-refractivity contribution in [3.63, 3.8) is 0 Å². The number of aromatic nitrogens is 1. The van der Waals surface area contributed by atoms with E-state index in [0.717, 1.165) is 5.52 Å². The molecule has 0 bridgehead atoms. The van der Waals surface area contributed by atoms with Gasteiger partial charge in [-0.05, 0) is 18.6 Å². The topological polar surface area (TPSA) is 73.5 Å². The summed E-state index contributed by atoms with van der Waals surface area (Å²) in [5.74, 6) is -0.610. The highest BCUT2D eigenvalue weighted by atomic mass is 16.6. The number of amides is 1. The van der Waals surface area contributed by atoms with Gasteiger partial charge in [0.25, 0.3) is 0 Å². The number of carbonyl (C=O) groups is 1. The molecule has 1 heterocycles. The van der Waals surface area contributed by atoms with Crippen LogP contribution in [0.2, 0.25) is 0 Å². The Bertz CT molecular complexity index is 599. The molecule has 0 aliphatic rings. The summed E-state index contributed by atoms with van der Waals surface area (Å²) in [5, 5.41) is 0. The molecule has 0 aliphatic carbocycles. The second kappa shape index (κ2) is 5.50. The summed E-state index contributed by atoms with van der Waals surface area (Å²) in [5.41, 5.74) is 3.53. The van der Waals surface area contributed by atoms with Crippen molar-refractivity contribution in [2.45, 2.75) is 19.4 Å². The van der Waals surface area contributed by atoms with E-state index in [1.54, 1.807) is 6.07 Å². The number of nitrogens with one attached hydrogen (secondary N) is 1. The van der Waals surface area contributed by atoms with Gasteiger partial charge in [-0.15, -0.1) is 0 Å². The van der Waals surface area contributed by atoms with Crippen LogP contribution in [-0.2, 0) is 16.2 Å². The van der Waals surface area contributed by atoms with Crippen LogP contribution >= 0.6 is 0 Å². The van der Waals surface area contributed by atoms with Crippen molar-refractivity contribution >= 4 is 17.0 Å². The molecular weight excluding hydrogens is 236 g/mol. The SMILES string of the molecule is CONC(=O)CCCn1c(=O)oc2ccccc21. The Morgan fingerprint density at radius 3 is 3.00 bits per heavy atom. The maximum Gasteiger partial charge on any atom is 0.419 e. The van der Waals surface area contributed by atoms with Gasteiger partial charge in [0, 0.05) is 13.0 Å². The lowest BCUT2D eigenvalue weighted by Crippen LogP contribution is -2.22. The van der Waals surface area contributed by atoms with Crippen LogP contribution in [0.3, 0.4) is 0 Å². The zero-order valence-electron chi connectivity index (χ0n) is 10.0. The first-order valence-electron chi connectivity index (χ1n) is 5.62. The third kappa shape index (κ3) is 2.60.